The molecule has 4 rings (SSSR count). The lowest BCUT2D eigenvalue weighted by Crippen LogP contribution is -2.34. The van der Waals surface area contributed by atoms with E-state index in [1.54, 1.807) is 0 Å². The van der Waals surface area contributed by atoms with Crippen molar-refractivity contribution in [2.45, 2.75) is 57.8 Å². The van der Waals surface area contributed by atoms with Gasteiger partial charge < -0.3 is 4.90 Å². The van der Waals surface area contributed by atoms with E-state index in [-0.39, 0.29) is 11.7 Å². The van der Waals surface area contributed by atoms with Crippen LogP contribution >= 0.6 is 0 Å². The van der Waals surface area contributed by atoms with Crippen molar-refractivity contribution >= 4 is 5.91 Å². The highest BCUT2D eigenvalue weighted by Crippen LogP contribution is 2.51. The van der Waals surface area contributed by atoms with Crippen molar-refractivity contribution in [1.29, 1.82) is 0 Å². The number of carbonyl (C=O) groups excluding carboxylic acids is 1. The van der Waals surface area contributed by atoms with E-state index in [0.29, 0.717) is 17.9 Å². The zero-order chi connectivity index (χ0) is 14.1. The molecular formula is C17H22N2O. The first-order valence-corrected chi connectivity index (χ1v) is 7.69. The van der Waals surface area contributed by atoms with Gasteiger partial charge in [-0.05, 0) is 50.2 Å². The van der Waals surface area contributed by atoms with Crippen LogP contribution < -0.4 is 5.32 Å². The minimum Gasteiger partial charge on any atom is -0.318 e. The van der Waals surface area contributed by atoms with Gasteiger partial charge in [0.15, 0.2) is 0 Å². The molecule has 1 aromatic carbocycles. The van der Waals surface area contributed by atoms with Crippen LogP contribution in [0.15, 0.2) is 18.2 Å². The average Bonchev–Trinajstić information content (AvgIpc) is 3.29. The van der Waals surface area contributed by atoms with Crippen molar-refractivity contribution in [1.82, 2.24) is 10.2 Å². The van der Waals surface area contributed by atoms with Crippen LogP contribution in [0.25, 0.3) is 0 Å². The van der Waals surface area contributed by atoms with E-state index in [4.69, 9.17) is 0 Å². The molecule has 1 saturated heterocycles. The average molecular weight is 270 g/mol. The van der Waals surface area contributed by atoms with Gasteiger partial charge in [0.25, 0.3) is 0 Å². The third kappa shape index (κ3) is 1.65. The number of benzene rings is 1. The summed E-state index contributed by atoms with van der Waals surface area (Å²) in [5.41, 5.74) is 3.60. The molecule has 1 spiro atoms. The highest BCUT2D eigenvalue weighted by Gasteiger charge is 2.62. The molecule has 3 fully saturated rings. The maximum absolute atomic E-state index is 12.8. The fourth-order valence-corrected chi connectivity index (χ4v) is 3.55. The van der Waals surface area contributed by atoms with Crippen molar-refractivity contribution in [3.8, 4) is 0 Å². The number of hydrogen-bond donors (Lipinski definition) is 1. The molecule has 3 atom stereocenters. The van der Waals surface area contributed by atoms with Crippen molar-refractivity contribution in [3.63, 3.8) is 0 Å². The van der Waals surface area contributed by atoms with E-state index in [2.05, 4.69) is 49.2 Å². The molecule has 3 unspecified atom stereocenters. The molecule has 1 heterocycles. The summed E-state index contributed by atoms with van der Waals surface area (Å²) in [4.78, 5) is 14.9. The fourth-order valence-electron chi connectivity index (χ4n) is 3.55. The Kier molecular flexibility index (Phi) is 2.39. The SMILES string of the molecule is Cc1ccc(C)c(C2NC3(CC3)C(=O)N2C2CC2C)c1. The topological polar surface area (TPSA) is 32.3 Å². The van der Waals surface area contributed by atoms with Crippen molar-refractivity contribution < 1.29 is 4.79 Å². The first-order valence-electron chi connectivity index (χ1n) is 7.69. The first-order chi connectivity index (χ1) is 9.52. The van der Waals surface area contributed by atoms with E-state index >= 15 is 0 Å². The number of hydrogen-bond acceptors (Lipinski definition) is 2. The maximum atomic E-state index is 12.8. The summed E-state index contributed by atoms with van der Waals surface area (Å²) in [6.07, 6.45) is 3.25. The third-order valence-corrected chi connectivity index (χ3v) is 5.24. The standard InChI is InChI=1S/C17H22N2O/c1-10-4-5-11(2)13(8-10)15-18-17(6-7-17)16(20)19(15)14-9-12(14)3/h4-5,8,12,14-15,18H,6-7,9H2,1-3H3. The van der Waals surface area contributed by atoms with Crippen LogP contribution in [0.1, 0.15) is 49.0 Å². The normalized spacial score (nSPS) is 33.9. The molecule has 2 aliphatic carbocycles. The van der Waals surface area contributed by atoms with Gasteiger partial charge in [0.2, 0.25) is 5.91 Å². The lowest BCUT2D eigenvalue weighted by Gasteiger charge is -2.26. The smallest absolute Gasteiger partial charge is 0.244 e. The van der Waals surface area contributed by atoms with Gasteiger partial charge in [-0.15, -0.1) is 0 Å². The van der Waals surface area contributed by atoms with E-state index in [1.165, 1.54) is 16.7 Å². The zero-order valence-corrected chi connectivity index (χ0v) is 12.4. The van der Waals surface area contributed by atoms with Crippen molar-refractivity contribution in [2.75, 3.05) is 0 Å². The highest BCUT2D eigenvalue weighted by atomic mass is 16.2. The van der Waals surface area contributed by atoms with E-state index < -0.39 is 0 Å². The van der Waals surface area contributed by atoms with E-state index in [0.717, 1.165) is 19.3 Å². The zero-order valence-electron chi connectivity index (χ0n) is 12.4. The monoisotopic (exact) mass is 270 g/mol. The summed E-state index contributed by atoms with van der Waals surface area (Å²) in [6, 6.07) is 7.00. The van der Waals surface area contributed by atoms with E-state index in [1.807, 2.05) is 0 Å². The van der Waals surface area contributed by atoms with Gasteiger partial charge in [-0.1, -0.05) is 30.7 Å². The molecule has 2 saturated carbocycles. The molecule has 1 amide bonds. The van der Waals surface area contributed by atoms with Gasteiger partial charge >= 0.3 is 0 Å². The van der Waals surface area contributed by atoms with Crippen LogP contribution in [0.5, 0.6) is 0 Å². The van der Waals surface area contributed by atoms with Gasteiger partial charge in [0.1, 0.15) is 11.7 Å². The predicted octanol–water partition coefficient (Wildman–Crippen LogP) is 2.67. The first kappa shape index (κ1) is 12.4. The Bertz CT molecular complexity index is 591. The highest BCUT2D eigenvalue weighted by molar-refractivity contribution is 5.92. The van der Waals surface area contributed by atoms with E-state index in [9.17, 15) is 4.79 Å². The molecular weight excluding hydrogens is 248 g/mol. The molecule has 1 aromatic rings. The second-order valence-corrected chi connectivity index (χ2v) is 6.98. The molecule has 0 radical (unpaired) electrons. The molecule has 3 heteroatoms. The quantitative estimate of drug-likeness (QED) is 0.896. The summed E-state index contributed by atoms with van der Waals surface area (Å²) in [5, 5.41) is 3.64. The third-order valence-electron chi connectivity index (χ3n) is 5.24. The van der Waals surface area contributed by atoms with Gasteiger partial charge in [0, 0.05) is 6.04 Å². The lowest BCUT2D eigenvalue weighted by molar-refractivity contribution is -0.131. The minimum atomic E-state index is -0.219. The number of nitrogens with one attached hydrogen (secondary N) is 1. The van der Waals surface area contributed by atoms with Gasteiger partial charge in [-0.2, -0.15) is 0 Å². The molecule has 3 aliphatic rings. The van der Waals surface area contributed by atoms with Crippen LogP contribution in [0, 0.1) is 19.8 Å². The predicted molar refractivity (Wildman–Crippen MR) is 78.2 cm³/mol. The van der Waals surface area contributed by atoms with Crippen LogP contribution in [-0.2, 0) is 4.79 Å². The van der Waals surface area contributed by atoms with Crippen LogP contribution in [0.3, 0.4) is 0 Å². The summed E-state index contributed by atoms with van der Waals surface area (Å²) in [6.45, 7) is 6.51. The summed E-state index contributed by atoms with van der Waals surface area (Å²) < 4.78 is 0. The second-order valence-electron chi connectivity index (χ2n) is 6.98. The summed E-state index contributed by atoms with van der Waals surface area (Å²) >= 11 is 0. The molecule has 106 valence electrons. The van der Waals surface area contributed by atoms with Gasteiger partial charge in [0.05, 0.1) is 0 Å². The molecule has 1 aliphatic heterocycles. The number of amides is 1. The van der Waals surface area contributed by atoms with Crippen molar-refractivity contribution in [3.05, 3.63) is 34.9 Å². The number of rotatable bonds is 2. The fraction of sp³-hybridized carbons (Fsp3) is 0.588. The number of carbonyl (C=O) groups is 1. The number of nitrogens with zero attached hydrogens (tertiary/aromatic N) is 1. The van der Waals surface area contributed by atoms with Crippen LogP contribution in [-0.4, -0.2) is 22.4 Å². The second kappa shape index (κ2) is 3.85. The van der Waals surface area contributed by atoms with Gasteiger partial charge in [-0.25, -0.2) is 0 Å². The number of aryl methyl sites for hydroxylation is 2. The molecule has 1 N–H and O–H groups in total. The van der Waals surface area contributed by atoms with Crippen LogP contribution in [0.2, 0.25) is 0 Å². The lowest BCUT2D eigenvalue weighted by atomic mass is 10.0. The Morgan fingerprint density at radius 1 is 1.30 bits per heavy atom. The molecule has 0 bridgehead atoms. The minimum absolute atomic E-state index is 0.0832. The Morgan fingerprint density at radius 2 is 2.00 bits per heavy atom. The molecule has 3 nitrogen and oxygen atoms in total. The van der Waals surface area contributed by atoms with Gasteiger partial charge in [-0.3, -0.25) is 10.1 Å². The largest absolute Gasteiger partial charge is 0.318 e. The Balaban J connectivity index is 1.75. The molecule has 20 heavy (non-hydrogen) atoms. The summed E-state index contributed by atoms with van der Waals surface area (Å²) in [7, 11) is 0. The van der Waals surface area contributed by atoms with Crippen LogP contribution in [0.4, 0.5) is 0 Å². The Morgan fingerprint density at radius 3 is 2.60 bits per heavy atom. The van der Waals surface area contributed by atoms with Crippen molar-refractivity contribution in [2.24, 2.45) is 5.92 Å². The Labute approximate surface area is 120 Å². The molecule has 0 aromatic heterocycles. The summed E-state index contributed by atoms with van der Waals surface area (Å²) in [5.74, 6) is 1.00. The Hall–Kier alpha value is -1.35. The maximum Gasteiger partial charge on any atom is 0.244 e.